The quantitative estimate of drug-likeness (QED) is 0.124. The third kappa shape index (κ3) is 8.28. The molecule has 53 heavy (non-hydrogen) atoms. The number of nitrogens with zero attached hydrogens (tertiary/aromatic N) is 1. The summed E-state index contributed by atoms with van der Waals surface area (Å²) in [6.07, 6.45) is 4.35. The molecule has 13 heteroatoms. The predicted octanol–water partition coefficient (Wildman–Crippen LogP) is 7.86. The number of fused-ring (bicyclic) bond motifs is 1. The Labute approximate surface area is 306 Å². The standard InChI is InChI=1S/C40H46F5N3O5/c1-21-29(19-48-27-8-6-5-7-23(27)15-18-28(48)37(50)47-40(2,3)4)52-39(53-36(21)24-11-9-22(20-49)10-12-24)25-13-16-26(17-14-25)46-38(51)30-31(41)33(43)35(45)34(44)32(30)42/h9-14,16-17,21,23,27-29,36,39,49H,5-8,15,18-20H2,1-4H3,(H,46,51)(H,47,50)/t21-,23-,27-,28-,29+,36+,39+/m1/s1. The average molecular weight is 744 g/mol. The van der Waals surface area contributed by atoms with Crippen LogP contribution in [0.5, 0.6) is 0 Å². The first kappa shape index (κ1) is 38.8. The minimum Gasteiger partial charge on any atom is -0.392 e. The maximum atomic E-state index is 14.3. The molecule has 1 saturated carbocycles. The fourth-order valence-corrected chi connectivity index (χ4v) is 7.98. The van der Waals surface area contributed by atoms with E-state index in [2.05, 4.69) is 22.5 Å². The third-order valence-corrected chi connectivity index (χ3v) is 10.7. The van der Waals surface area contributed by atoms with Gasteiger partial charge in [-0.3, -0.25) is 14.5 Å². The number of hydrogen-bond acceptors (Lipinski definition) is 6. The van der Waals surface area contributed by atoms with Gasteiger partial charge in [0.25, 0.3) is 5.91 Å². The van der Waals surface area contributed by atoms with E-state index in [1.807, 2.05) is 45.0 Å². The number of rotatable bonds is 8. The molecule has 0 unspecified atom stereocenters. The van der Waals surface area contributed by atoms with Crippen molar-refractivity contribution in [2.75, 3.05) is 11.9 Å². The van der Waals surface area contributed by atoms with Crippen LogP contribution in [-0.4, -0.2) is 52.1 Å². The second-order valence-electron chi connectivity index (χ2n) is 15.5. The van der Waals surface area contributed by atoms with Gasteiger partial charge in [-0.25, -0.2) is 22.0 Å². The molecule has 6 rings (SSSR count). The fourth-order valence-electron chi connectivity index (χ4n) is 7.98. The highest BCUT2D eigenvalue weighted by Gasteiger charge is 2.46. The molecular weight excluding hydrogens is 697 g/mol. The van der Waals surface area contributed by atoms with Crippen molar-refractivity contribution in [3.63, 3.8) is 0 Å². The highest BCUT2D eigenvalue weighted by molar-refractivity contribution is 6.04. The Balaban J connectivity index is 1.28. The molecule has 8 nitrogen and oxygen atoms in total. The van der Waals surface area contributed by atoms with Crippen LogP contribution in [-0.2, 0) is 20.9 Å². The summed E-state index contributed by atoms with van der Waals surface area (Å²) in [6.45, 7) is 8.33. The lowest BCUT2D eigenvalue weighted by molar-refractivity contribution is -0.278. The summed E-state index contributed by atoms with van der Waals surface area (Å²) < 4.78 is 83.0. The van der Waals surface area contributed by atoms with Gasteiger partial charge < -0.3 is 25.2 Å². The van der Waals surface area contributed by atoms with Gasteiger partial charge >= 0.3 is 0 Å². The summed E-state index contributed by atoms with van der Waals surface area (Å²) in [7, 11) is 0. The van der Waals surface area contributed by atoms with Crippen molar-refractivity contribution in [3.05, 3.63) is 99.9 Å². The zero-order valence-corrected chi connectivity index (χ0v) is 30.2. The van der Waals surface area contributed by atoms with E-state index in [1.54, 1.807) is 12.1 Å². The van der Waals surface area contributed by atoms with E-state index >= 15 is 0 Å². The van der Waals surface area contributed by atoms with Crippen LogP contribution in [0.3, 0.4) is 0 Å². The number of aliphatic hydroxyl groups is 1. The highest BCUT2D eigenvalue weighted by atomic mass is 19.2. The molecule has 0 radical (unpaired) electrons. The number of aliphatic hydroxyl groups excluding tert-OH is 1. The number of carbonyl (C=O) groups excluding carboxylic acids is 2. The molecule has 0 bridgehead atoms. The Morgan fingerprint density at radius 1 is 0.811 bits per heavy atom. The molecule has 3 aliphatic rings. The summed E-state index contributed by atoms with van der Waals surface area (Å²) in [5.41, 5.74) is 0.201. The van der Waals surface area contributed by atoms with Crippen molar-refractivity contribution < 1.29 is 46.1 Å². The van der Waals surface area contributed by atoms with Crippen LogP contribution in [0.4, 0.5) is 27.6 Å². The van der Waals surface area contributed by atoms with Gasteiger partial charge in [-0.2, -0.15) is 0 Å². The number of carbonyl (C=O) groups is 2. The van der Waals surface area contributed by atoms with Crippen molar-refractivity contribution in [3.8, 4) is 0 Å². The maximum absolute atomic E-state index is 14.3. The third-order valence-electron chi connectivity index (χ3n) is 10.7. The first-order valence-corrected chi connectivity index (χ1v) is 18.2. The van der Waals surface area contributed by atoms with Crippen molar-refractivity contribution in [1.29, 1.82) is 0 Å². The molecule has 3 N–H and O–H groups in total. The lowest BCUT2D eigenvalue weighted by atomic mass is 9.75. The Hall–Kier alpha value is -3.91. The lowest BCUT2D eigenvalue weighted by Crippen LogP contribution is -2.61. The molecule has 3 aromatic rings. The first-order valence-electron chi connectivity index (χ1n) is 18.2. The number of piperidine rings is 1. The number of ether oxygens (including phenoxy) is 2. The van der Waals surface area contributed by atoms with E-state index in [0.29, 0.717) is 18.0 Å². The van der Waals surface area contributed by atoms with Crippen LogP contribution in [0.2, 0.25) is 0 Å². The molecule has 2 amide bonds. The summed E-state index contributed by atoms with van der Waals surface area (Å²) in [4.78, 5) is 28.8. The Morgan fingerprint density at radius 3 is 2.04 bits per heavy atom. The summed E-state index contributed by atoms with van der Waals surface area (Å²) in [6, 6.07) is 13.4. The van der Waals surface area contributed by atoms with Crippen molar-refractivity contribution in [2.45, 2.75) is 109 Å². The second kappa shape index (κ2) is 15.8. The number of benzene rings is 3. The molecule has 2 heterocycles. The van der Waals surface area contributed by atoms with Crippen LogP contribution in [0.25, 0.3) is 0 Å². The molecule has 2 saturated heterocycles. The van der Waals surface area contributed by atoms with Crippen LogP contribution in [0, 0.1) is 40.9 Å². The van der Waals surface area contributed by atoms with Gasteiger partial charge in [-0.15, -0.1) is 0 Å². The number of nitrogens with one attached hydrogen (secondary N) is 2. The van der Waals surface area contributed by atoms with Gasteiger partial charge in [0.15, 0.2) is 29.6 Å². The number of likely N-dealkylation sites (tertiary alicyclic amines) is 1. The largest absolute Gasteiger partial charge is 0.392 e. The summed E-state index contributed by atoms with van der Waals surface area (Å²) in [5.74, 6) is -12.4. The lowest BCUT2D eigenvalue weighted by Gasteiger charge is -2.51. The smallest absolute Gasteiger partial charge is 0.261 e. The number of anilines is 1. The van der Waals surface area contributed by atoms with E-state index in [4.69, 9.17) is 9.47 Å². The van der Waals surface area contributed by atoms with Gasteiger partial charge in [0.05, 0.1) is 24.9 Å². The normalized spacial score (nSPS) is 26.5. The molecule has 286 valence electrons. The highest BCUT2D eigenvalue weighted by Crippen LogP contribution is 2.44. The molecule has 0 aromatic heterocycles. The first-order chi connectivity index (χ1) is 25.2. The molecule has 3 aromatic carbocycles. The Morgan fingerprint density at radius 2 is 1.42 bits per heavy atom. The summed E-state index contributed by atoms with van der Waals surface area (Å²) >= 11 is 0. The molecule has 1 aliphatic carbocycles. The zero-order valence-electron chi connectivity index (χ0n) is 30.2. The van der Waals surface area contributed by atoms with Gasteiger partial charge in [0.1, 0.15) is 5.56 Å². The van der Waals surface area contributed by atoms with Gasteiger partial charge in [0, 0.05) is 35.3 Å². The number of halogens is 5. The van der Waals surface area contributed by atoms with E-state index in [9.17, 15) is 36.6 Å². The van der Waals surface area contributed by atoms with Gasteiger partial charge in [0.2, 0.25) is 11.7 Å². The van der Waals surface area contributed by atoms with Crippen molar-refractivity contribution in [2.24, 2.45) is 11.8 Å². The second-order valence-corrected chi connectivity index (χ2v) is 15.5. The molecule has 7 atom stereocenters. The topological polar surface area (TPSA) is 100 Å². The number of hydrogen-bond donors (Lipinski definition) is 3. The minimum absolute atomic E-state index is 0.00237. The maximum Gasteiger partial charge on any atom is 0.261 e. The van der Waals surface area contributed by atoms with Gasteiger partial charge in [-0.1, -0.05) is 56.2 Å². The van der Waals surface area contributed by atoms with Crippen molar-refractivity contribution in [1.82, 2.24) is 10.2 Å². The Bertz CT molecular complexity index is 1770. The van der Waals surface area contributed by atoms with E-state index in [-0.39, 0.29) is 36.2 Å². The average Bonchev–Trinajstić information content (AvgIpc) is 3.13. The molecular formula is C40H46F5N3O5. The molecule has 2 aliphatic heterocycles. The molecule has 3 fully saturated rings. The number of amides is 2. The fraction of sp³-hybridized carbons (Fsp3) is 0.500. The van der Waals surface area contributed by atoms with Crippen molar-refractivity contribution >= 4 is 17.5 Å². The molecule has 0 spiro atoms. The van der Waals surface area contributed by atoms with E-state index in [0.717, 1.165) is 43.2 Å². The minimum atomic E-state index is -2.36. The van der Waals surface area contributed by atoms with Crippen LogP contribution >= 0.6 is 0 Å². The van der Waals surface area contributed by atoms with E-state index in [1.165, 1.54) is 18.6 Å². The van der Waals surface area contributed by atoms with Gasteiger partial charge in [-0.05, 0) is 75.6 Å². The Kier molecular flexibility index (Phi) is 11.6. The van der Waals surface area contributed by atoms with Crippen LogP contribution in [0.1, 0.15) is 106 Å². The zero-order chi connectivity index (χ0) is 38.2. The SMILES string of the molecule is C[C@@H]1[C@H](CN2[C@@H](C(=O)NC(C)(C)C)CC[C@H]3CCCC[C@H]32)O[C@H](c2ccc(NC(=O)c3c(F)c(F)c(F)c(F)c3F)cc2)O[C@@H]1c1ccc(CO)cc1. The monoisotopic (exact) mass is 743 g/mol. The van der Waals surface area contributed by atoms with Crippen LogP contribution in [0.15, 0.2) is 48.5 Å². The summed E-state index contributed by atoms with van der Waals surface area (Å²) in [5, 5.41) is 15.0. The van der Waals surface area contributed by atoms with E-state index < -0.39 is 64.6 Å². The predicted molar refractivity (Wildman–Crippen MR) is 187 cm³/mol. The van der Waals surface area contributed by atoms with Crippen LogP contribution < -0.4 is 10.6 Å².